The Labute approximate surface area is 96.4 Å². The fourth-order valence-electron chi connectivity index (χ4n) is 1.77. The lowest BCUT2D eigenvalue weighted by molar-refractivity contribution is 0.471. The van der Waals surface area contributed by atoms with Gasteiger partial charge < -0.3 is 5.11 Å². The Morgan fingerprint density at radius 2 is 1.50 bits per heavy atom. The fraction of sp³-hybridized carbons (Fsp3) is 0.200. The molecule has 0 bridgehead atoms. The molecule has 2 rings (SSSR count). The molecule has 2 aromatic carbocycles. The number of benzene rings is 2. The van der Waals surface area contributed by atoms with Crippen LogP contribution in [-0.2, 0) is 6.42 Å². The highest BCUT2D eigenvalue weighted by molar-refractivity contribution is 5.37. The number of rotatable bonds is 2. The largest absolute Gasteiger partial charge is 0.508 e. The van der Waals surface area contributed by atoms with E-state index in [9.17, 15) is 5.11 Å². The van der Waals surface area contributed by atoms with Crippen LogP contribution >= 0.6 is 0 Å². The van der Waals surface area contributed by atoms with Crippen LogP contribution in [0.5, 0.6) is 5.75 Å². The molecule has 0 aliphatic carbocycles. The molecule has 1 heteroatoms. The van der Waals surface area contributed by atoms with Gasteiger partial charge in [0.25, 0.3) is 0 Å². The summed E-state index contributed by atoms with van der Waals surface area (Å²) in [7, 11) is 0. The first kappa shape index (κ1) is 10.7. The molecule has 82 valence electrons. The van der Waals surface area contributed by atoms with Crippen molar-refractivity contribution in [3.8, 4) is 5.75 Å². The average Bonchev–Trinajstić information content (AvgIpc) is 2.27. The van der Waals surface area contributed by atoms with Crippen molar-refractivity contribution in [2.24, 2.45) is 0 Å². The zero-order valence-corrected chi connectivity index (χ0v) is 9.70. The van der Waals surface area contributed by atoms with E-state index in [-0.39, 0.29) is 0 Å². The number of aromatic hydroxyl groups is 1. The Balaban J connectivity index is 2.20. The van der Waals surface area contributed by atoms with E-state index in [1.54, 1.807) is 6.07 Å². The Morgan fingerprint density at radius 3 is 2.12 bits per heavy atom. The van der Waals surface area contributed by atoms with Crippen LogP contribution in [0.3, 0.4) is 0 Å². The molecule has 0 radical (unpaired) electrons. The molecule has 0 heterocycles. The number of hydrogen-bond acceptors (Lipinski definition) is 1. The normalized spacial score (nSPS) is 10.4. The number of phenolic OH excluding ortho intramolecular Hbond substituents is 1. The van der Waals surface area contributed by atoms with Crippen LogP contribution in [0.25, 0.3) is 0 Å². The summed E-state index contributed by atoms with van der Waals surface area (Å²) in [6.45, 7) is 4.02. The van der Waals surface area contributed by atoms with Crippen molar-refractivity contribution in [3.05, 3.63) is 64.7 Å². The van der Waals surface area contributed by atoms with Gasteiger partial charge >= 0.3 is 0 Å². The van der Waals surface area contributed by atoms with Crippen LogP contribution in [0, 0.1) is 13.8 Å². The third kappa shape index (κ3) is 2.43. The molecule has 0 spiro atoms. The second-order valence-corrected chi connectivity index (χ2v) is 4.28. The summed E-state index contributed by atoms with van der Waals surface area (Å²) in [5.74, 6) is 0.368. The maximum absolute atomic E-state index is 9.45. The monoisotopic (exact) mass is 212 g/mol. The minimum absolute atomic E-state index is 0.368. The molecule has 0 amide bonds. The number of hydrogen-bond donors (Lipinski definition) is 1. The van der Waals surface area contributed by atoms with E-state index in [0.717, 1.165) is 12.0 Å². The Kier molecular flexibility index (Phi) is 2.95. The van der Waals surface area contributed by atoms with Crippen LogP contribution in [0.15, 0.2) is 42.5 Å². The van der Waals surface area contributed by atoms with E-state index >= 15 is 0 Å². The van der Waals surface area contributed by atoms with Gasteiger partial charge in [-0.2, -0.15) is 0 Å². The first-order chi connectivity index (χ1) is 7.65. The van der Waals surface area contributed by atoms with Crippen molar-refractivity contribution in [2.45, 2.75) is 20.3 Å². The van der Waals surface area contributed by atoms with Gasteiger partial charge in [-0.1, -0.05) is 42.0 Å². The molecule has 2 aromatic rings. The van der Waals surface area contributed by atoms with Crippen molar-refractivity contribution in [1.82, 2.24) is 0 Å². The molecule has 16 heavy (non-hydrogen) atoms. The van der Waals surface area contributed by atoms with Gasteiger partial charge in [-0.25, -0.2) is 0 Å². The van der Waals surface area contributed by atoms with Crippen molar-refractivity contribution in [3.63, 3.8) is 0 Å². The maximum atomic E-state index is 9.45. The Bertz CT molecular complexity index is 483. The first-order valence-electron chi connectivity index (χ1n) is 5.49. The number of phenols is 1. The van der Waals surface area contributed by atoms with Crippen molar-refractivity contribution in [2.75, 3.05) is 0 Å². The minimum atomic E-state index is 0.368. The van der Waals surface area contributed by atoms with Gasteiger partial charge in [0, 0.05) is 0 Å². The van der Waals surface area contributed by atoms with Crippen molar-refractivity contribution < 1.29 is 5.11 Å². The molecule has 0 fully saturated rings. The summed E-state index contributed by atoms with van der Waals surface area (Å²) in [5.41, 5.74) is 4.75. The smallest absolute Gasteiger partial charge is 0.118 e. The predicted molar refractivity (Wildman–Crippen MR) is 66.8 cm³/mol. The Hall–Kier alpha value is -1.76. The average molecular weight is 212 g/mol. The lowest BCUT2D eigenvalue weighted by Gasteiger charge is -2.05. The molecule has 0 atom stereocenters. The lowest BCUT2D eigenvalue weighted by Crippen LogP contribution is -1.89. The van der Waals surface area contributed by atoms with E-state index < -0.39 is 0 Å². The van der Waals surface area contributed by atoms with Gasteiger partial charge in [-0.05, 0) is 43.0 Å². The van der Waals surface area contributed by atoms with Crippen LogP contribution in [0.4, 0.5) is 0 Å². The van der Waals surface area contributed by atoms with Gasteiger partial charge in [0.15, 0.2) is 0 Å². The predicted octanol–water partition coefficient (Wildman–Crippen LogP) is 3.60. The minimum Gasteiger partial charge on any atom is -0.508 e. The van der Waals surface area contributed by atoms with Crippen LogP contribution in [0.1, 0.15) is 22.3 Å². The van der Waals surface area contributed by atoms with Crippen LogP contribution in [-0.4, -0.2) is 5.11 Å². The highest BCUT2D eigenvalue weighted by atomic mass is 16.3. The summed E-state index contributed by atoms with van der Waals surface area (Å²) < 4.78 is 0. The highest BCUT2D eigenvalue weighted by Crippen LogP contribution is 2.19. The molecule has 0 saturated carbocycles. The Morgan fingerprint density at radius 1 is 0.875 bits per heavy atom. The molecule has 1 N–H and O–H groups in total. The summed E-state index contributed by atoms with van der Waals surface area (Å²) in [6, 6.07) is 14.3. The quantitative estimate of drug-likeness (QED) is 0.806. The number of aryl methyl sites for hydroxylation is 2. The standard InChI is InChI=1S/C15H16O/c1-11-3-5-13(6-4-11)10-14-7-8-15(16)12(2)9-14/h3-9,16H,10H2,1-2H3. The lowest BCUT2D eigenvalue weighted by atomic mass is 10.0. The topological polar surface area (TPSA) is 20.2 Å². The molecular formula is C15H16O. The van der Waals surface area contributed by atoms with Crippen LogP contribution in [0.2, 0.25) is 0 Å². The van der Waals surface area contributed by atoms with Gasteiger partial charge in [-0.3, -0.25) is 0 Å². The van der Waals surface area contributed by atoms with Crippen molar-refractivity contribution in [1.29, 1.82) is 0 Å². The molecular weight excluding hydrogens is 196 g/mol. The van der Waals surface area contributed by atoms with Gasteiger partial charge in [0.1, 0.15) is 5.75 Å². The second kappa shape index (κ2) is 4.40. The molecule has 0 unspecified atom stereocenters. The van der Waals surface area contributed by atoms with Crippen LogP contribution < -0.4 is 0 Å². The molecule has 1 nitrogen and oxygen atoms in total. The highest BCUT2D eigenvalue weighted by Gasteiger charge is 1.99. The summed E-state index contributed by atoms with van der Waals surface area (Å²) >= 11 is 0. The first-order valence-corrected chi connectivity index (χ1v) is 5.49. The summed E-state index contributed by atoms with van der Waals surface area (Å²) in [5, 5.41) is 9.45. The molecule has 0 aliphatic rings. The third-order valence-electron chi connectivity index (χ3n) is 2.79. The van der Waals surface area contributed by atoms with E-state index in [2.05, 4.69) is 31.2 Å². The molecule has 0 aromatic heterocycles. The molecule has 0 aliphatic heterocycles. The maximum Gasteiger partial charge on any atom is 0.118 e. The second-order valence-electron chi connectivity index (χ2n) is 4.28. The molecule has 0 saturated heterocycles. The van der Waals surface area contributed by atoms with Gasteiger partial charge in [-0.15, -0.1) is 0 Å². The zero-order valence-electron chi connectivity index (χ0n) is 9.70. The summed E-state index contributed by atoms with van der Waals surface area (Å²) in [4.78, 5) is 0. The van der Waals surface area contributed by atoms with E-state index in [1.165, 1.54) is 16.7 Å². The van der Waals surface area contributed by atoms with Gasteiger partial charge in [0.2, 0.25) is 0 Å². The van der Waals surface area contributed by atoms with E-state index in [0.29, 0.717) is 5.75 Å². The van der Waals surface area contributed by atoms with Gasteiger partial charge in [0.05, 0.1) is 0 Å². The zero-order chi connectivity index (χ0) is 11.5. The van der Waals surface area contributed by atoms with E-state index in [4.69, 9.17) is 0 Å². The summed E-state index contributed by atoms with van der Waals surface area (Å²) in [6.07, 6.45) is 0.918. The van der Waals surface area contributed by atoms with E-state index in [1.807, 2.05) is 19.1 Å². The SMILES string of the molecule is Cc1ccc(Cc2ccc(O)c(C)c2)cc1. The van der Waals surface area contributed by atoms with Crippen molar-refractivity contribution >= 4 is 0 Å². The fourth-order valence-corrected chi connectivity index (χ4v) is 1.77. The third-order valence-corrected chi connectivity index (χ3v) is 2.79.